The molecule has 6 heteroatoms. The van der Waals surface area contributed by atoms with E-state index in [1.54, 1.807) is 0 Å². The van der Waals surface area contributed by atoms with E-state index in [-0.39, 0.29) is 11.7 Å². The zero-order valence-electron chi connectivity index (χ0n) is 16.2. The van der Waals surface area contributed by atoms with Gasteiger partial charge < -0.3 is 19.7 Å². The number of nitrogens with one attached hydrogen (secondary N) is 1. The standard InChI is InChI=1S/C19H35N3O3/c1-18(2,3)25-17(23)22-9-6-19(7-10-22)15-21(11-12-24-19)14-16-5-4-8-20-13-16/h16,20H,4-15H2,1-3H3. The minimum Gasteiger partial charge on any atom is -0.444 e. The van der Waals surface area contributed by atoms with Crippen LogP contribution in [0.1, 0.15) is 46.5 Å². The first-order valence-corrected chi connectivity index (χ1v) is 9.90. The number of hydrogen-bond acceptors (Lipinski definition) is 5. The average Bonchev–Trinajstić information content (AvgIpc) is 2.55. The predicted octanol–water partition coefficient (Wildman–Crippen LogP) is 2.09. The van der Waals surface area contributed by atoms with Crippen LogP contribution in [-0.4, -0.2) is 79.5 Å². The number of carbonyl (C=O) groups is 1. The maximum Gasteiger partial charge on any atom is 0.410 e. The summed E-state index contributed by atoms with van der Waals surface area (Å²) in [4.78, 5) is 16.7. The normalized spacial score (nSPS) is 28.1. The number of piperidine rings is 2. The van der Waals surface area contributed by atoms with Gasteiger partial charge in [0.2, 0.25) is 0 Å². The topological polar surface area (TPSA) is 54.0 Å². The molecule has 1 atom stereocenters. The van der Waals surface area contributed by atoms with Crippen LogP contribution < -0.4 is 5.32 Å². The number of amides is 1. The van der Waals surface area contributed by atoms with E-state index in [1.807, 2.05) is 25.7 Å². The Morgan fingerprint density at radius 1 is 1.28 bits per heavy atom. The molecule has 1 N–H and O–H groups in total. The van der Waals surface area contributed by atoms with E-state index in [0.717, 1.165) is 58.1 Å². The molecule has 144 valence electrons. The van der Waals surface area contributed by atoms with Crippen LogP contribution in [0.4, 0.5) is 4.79 Å². The molecule has 0 saturated carbocycles. The second-order valence-corrected chi connectivity index (χ2v) is 8.95. The lowest BCUT2D eigenvalue weighted by molar-refractivity contribution is -0.136. The highest BCUT2D eigenvalue weighted by molar-refractivity contribution is 5.68. The third-order valence-electron chi connectivity index (χ3n) is 5.57. The highest BCUT2D eigenvalue weighted by atomic mass is 16.6. The van der Waals surface area contributed by atoms with Crippen molar-refractivity contribution in [3.05, 3.63) is 0 Å². The van der Waals surface area contributed by atoms with Crippen molar-refractivity contribution in [2.24, 2.45) is 5.92 Å². The molecule has 3 aliphatic rings. The first-order chi connectivity index (χ1) is 11.9. The Kier molecular flexibility index (Phi) is 5.91. The van der Waals surface area contributed by atoms with Gasteiger partial charge in [0.15, 0.2) is 0 Å². The van der Waals surface area contributed by atoms with Gasteiger partial charge in [-0.05, 0) is 65.5 Å². The molecule has 3 heterocycles. The van der Waals surface area contributed by atoms with Crippen LogP contribution in [0.3, 0.4) is 0 Å². The molecule has 3 rings (SSSR count). The molecule has 0 aromatic heterocycles. The van der Waals surface area contributed by atoms with E-state index in [4.69, 9.17) is 9.47 Å². The Hall–Kier alpha value is -0.850. The second kappa shape index (κ2) is 7.80. The fourth-order valence-corrected chi connectivity index (χ4v) is 4.25. The Morgan fingerprint density at radius 2 is 2.04 bits per heavy atom. The fraction of sp³-hybridized carbons (Fsp3) is 0.947. The summed E-state index contributed by atoms with van der Waals surface area (Å²) in [5.74, 6) is 0.769. The molecular formula is C19H35N3O3. The van der Waals surface area contributed by atoms with Gasteiger partial charge in [0, 0.05) is 32.7 Å². The Bertz CT molecular complexity index is 449. The van der Waals surface area contributed by atoms with Gasteiger partial charge in [-0.25, -0.2) is 4.79 Å². The van der Waals surface area contributed by atoms with Crippen LogP contribution in [0.2, 0.25) is 0 Å². The largest absolute Gasteiger partial charge is 0.444 e. The van der Waals surface area contributed by atoms with Crippen molar-refractivity contribution in [2.75, 3.05) is 52.4 Å². The quantitative estimate of drug-likeness (QED) is 0.824. The van der Waals surface area contributed by atoms with E-state index in [2.05, 4.69) is 10.2 Å². The molecule has 3 saturated heterocycles. The summed E-state index contributed by atoms with van der Waals surface area (Å²) >= 11 is 0. The van der Waals surface area contributed by atoms with Crippen molar-refractivity contribution in [2.45, 2.75) is 57.7 Å². The summed E-state index contributed by atoms with van der Waals surface area (Å²) in [6.45, 7) is 13.6. The van der Waals surface area contributed by atoms with Crippen molar-refractivity contribution in [3.8, 4) is 0 Å². The van der Waals surface area contributed by atoms with E-state index in [9.17, 15) is 4.79 Å². The number of hydrogen-bond donors (Lipinski definition) is 1. The molecule has 0 radical (unpaired) electrons. The van der Waals surface area contributed by atoms with Gasteiger partial charge in [0.05, 0.1) is 12.2 Å². The minimum atomic E-state index is -0.432. The van der Waals surface area contributed by atoms with Gasteiger partial charge in [-0.15, -0.1) is 0 Å². The van der Waals surface area contributed by atoms with Gasteiger partial charge in [-0.1, -0.05) is 0 Å². The van der Waals surface area contributed by atoms with E-state index < -0.39 is 5.60 Å². The smallest absolute Gasteiger partial charge is 0.410 e. The lowest BCUT2D eigenvalue weighted by Crippen LogP contribution is -2.58. The van der Waals surface area contributed by atoms with E-state index >= 15 is 0 Å². The van der Waals surface area contributed by atoms with Crippen molar-refractivity contribution in [3.63, 3.8) is 0 Å². The maximum absolute atomic E-state index is 12.3. The minimum absolute atomic E-state index is 0.0706. The molecule has 0 aromatic carbocycles. The third kappa shape index (κ3) is 5.31. The van der Waals surface area contributed by atoms with Gasteiger partial charge >= 0.3 is 6.09 Å². The lowest BCUT2D eigenvalue weighted by Gasteiger charge is -2.48. The molecule has 1 unspecified atom stereocenters. The Labute approximate surface area is 152 Å². The molecule has 0 aromatic rings. The zero-order chi connectivity index (χ0) is 17.9. The zero-order valence-corrected chi connectivity index (χ0v) is 16.2. The van der Waals surface area contributed by atoms with Crippen LogP contribution in [0.5, 0.6) is 0 Å². The first-order valence-electron chi connectivity index (χ1n) is 9.90. The van der Waals surface area contributed by atoms with Crippen molar-refractivity contribution >= 4 is 6.09 Å². The van der Waals surface area contributed by atoms with Gasteiger partial charge in [-0.3, -0.25) is 4.90 Å². The Morgan fingerprint density at radius 3 is 2.68 bits per heavy atom. The highest BCUT2D eigenvalue weighted by Gasteiger charge is 2.41. The molecule has 0 aliphatic carbocycles. The molecule has 25 heavy (non-hydrogen) atoms. The third-order valence-corrected chi connectivity index (χ3v) is 5.57. The Balaban J connectivity index is 1.49. The van der Waals surface area contributed by atoms with E-state index in [1.165, 1.54) is 25.9 Å². The fourth-order valence-electron chi connectivity index (χ4n) is 4.25. The summed E-state index contributed by atoms with van der Waals surface area (Å²) in [6.07, 6.45) is 4.26. The van der Waals surface area contributed by atoms with Crippen molar-refractivity contribution in [1.82, 2.24) is 15.1 Å². The summed E-state index contributed by atoms with van der Waals surface area (Å²) in [5, 5.41) is 3.52. The number of carbonyl (C=O) groups excluding carboxylic acids is 1. The summed E-state index contributed by atoms with van der Waals surface area (Å²) in [6, 6.07) is 0. The van der Waals surface area contributed by atoms with Gasteiger partial charge in [0.1, 0.15) is 5.60 Å². The second-order valence-electron chi connectivity index (χ2n) is 8.95. The number of likely N-dealkylation sites (tertiary alicyclic amines) is 1. The number of rotatable bonds is 2. The SMILES string of the molecule is CC(C)(C)OC(=O)N1CCC2(CC1)CN(CC1CCCNC1)CCO2. The number of nitrogens with zero attached hydrogens (tertiary/aromatic N) is 2. The number of ether oxygens (including phenoxy) is 2. The first kappa shape index (κ1) is 18.9. The summed E-state index contributed by atoms with van der Waals surface area (Å²) < 4.78 is 11.7. The van der Waals surface area contributed by atoms with Gasteiger partial charge in [-0.2, -0.15) is 0 Å². The summed E-state index contributed by atoms with van der Waals surface area (Å²) in [7, 11) is 0. The molecule has 1 amide bonds. The molecule has 6 nitrogen and oxygen atoms in total. The molecule has 3 aliphatic heterocycles. The van der Waals surface area contributed by atoms with Crippen LogP contribution in [0, 0.1) is 5.92 Å². The molecule has 0 bridgehead atoms. The average molecular weight is 354 g/mol. The molecule has 3 fully saturated rings. The highest BCUT2D eigenvalue weighted by Crippen LogP contribution is 2.31. The predicted molar refractivity (Wildman–Crippen MR) is 97.8 cm³/mol. The van der Waals surface area contributed by atoms with Crippen LogP contribution >= 0.6 is 0 Å². The van der Waals surface area contributed by atoms with Crippen LogP contribution in [0.15, 0.2) is 0 Å². The number of morpholine rings is 1. The van der Waals surface area contributed by atoms with Crippen molar-refractivity contribution in [1.29, 1.82) is 0 Å². The van der Waals surface area contributed by atoms with Crippen molar-refractivity contribution < 1.29 is 14.3 Å². The maximum atomic E-state index is 12.3. The van der Waals surface area contributed by atoms with Crippen LogP contribution in [0.25, 0.3) is 0 Å². The van der Waals surface area contributed by atoms with E-state index in [0.29, 0.717) is 0 Å². The molecule has 1 spiro atoms. The monoisotopic (exact) mass is 353 g/mol. The van der Waals surface area contributed by atoms with Crippen LogP contribution in [-0.2, 0) is 9.47 Å². The molecular weight excluding hydrogens is 318 g/mol. The summed E-state index contributed by atoms with van der Waals surface area (Å²) in [5.41, 5.74) is -0.503. The van der Waals surface area contributed by atoms with Gasteiger partial charge in [0.25, 0.3) is 0 Å². The lowest BCUT2D eigenvalue weighted by atomic mass is 9.88.